The number of aromatic nitrogens is 1. The van der Waals surface area contributed by atoms with Crippen LogP contribution in [0.2, 0.25) is 0 Å². The van der Waals surface area contributed by atoms with Gasteiger partial charge in [0.2, 0.25) is 0 Å². The van der Waals surface area contributed by atoms with E-state index in [4.69, 9.17) is 0 Å². The quantitative estimate of drug-likeness (QED) is 0.492. The van der Waals surface area contributed by atoms with Gasteiger partial charge in [0.1, 0.15) is 5.75 Å². The molecule has 0 saturated carbocycles. The van der Waals surface area contributed by atoms with Gasteiger partial charge in [-0.1, -0.05) is 0 Å². The first-order valence-corrected chi connectivity index (χ1v) is 5.77. The highest BCUT2D eigenvalue weighted by Gasteiger charge is 2.34. The molecule has 2 rings (SSSR count). The SMILES string of the molecule is O=C(c1cccnc1)c1ccc([N+](=O)[O-])cc1OC(F)(F)F. The smallest absolute Gasteiger partial charge is 0.405 e. The molecule has 0 bridgehead atoms. The number of ether oxygens (including phenoxy) is 1. The molecule has 0 radical (unpaired) electrons. The summed E-state index contributed by atoms with van der Waals surface area (Å²) >= 11 is 0. The van der Waals surface area contributed by atoms with Crippen molar-refractivity contribution in [2.75, 3.05) is 0 Å². The van der Waals surface area contributed by atoms with E-state index < -0.39 is 34.1 Å². The fraction of sp³-hybridized carbons (Fsp3) is 0.0769. The summed E-state index contributed by atoms with van der Waals surface area (Å²) in [6, 6.07) is 5.18. The lowest BCUT2D eigenvalue weighted by molar-refractivity contribution is -0.385. The van der Waals surface area contributed by atoms with Crippen LogP contribution in [-0.2, 0) is 0 Å². The van der Waals surface area contributed by atoms with Crippen LogP contribution < -0.4 is 4.74 Å². The zero-order chi connectivity index (χ0) is 16.3. The molecule has 22 heavy (non-hydrogen) atoms. The number of hydrogen-bond donors (Lipinski definition) is 0. The third-order valence-electron chi connectivity index (χ3n) is 2.57. The Morgan fingerprint density at radius 2 is 2.00 bits per heavy atom. The monoisotopic (exact) mass is 312 g/mol. The molecule has 0 unspecified atom stereocenters. The van der Waals surface area contributed by atoms with E-state index in [-0.39, 0.29) is 5.56 Å². The number of nitro benzene ring substituents is 1. The maximum Gasteiger partial charge on any atom is 0.573 e. The third kappa shape index (κ3) is 3.57. The molecular formula is C13H7F3N2O4. The van der Waals surface area contributed by atoms with Crippen LogP contribution in [-0.4, -0.2) is 22.1 Å². The Labute approximate surface area is 121 Å². The molecule has 1 heterocycles. The molecule has 0 aliphatic heterocycles. The van der Waals surface area contributed by atoms with Gasteiger partial charge in [-0.3, -0.25) is 19.9 Å². The second-order valence-corrected chi connectivity index (χ2v) is 4.06. The van der Waals surface area contributed by atoms with Gasteiger partial charge in [-0.25, -0.2) is 0 Å². The fourth-order valence-corrected chi connectivity index (χ4v) is 1.67. The zero-order valence-electron chi connectivity index (χ0n) is 10.7. The van der Waals surface area contributed by atoms with E-state index >= 15 is 0 Å². The summed E-state index contributed by atoms with van der Waals surface area (Å²) in [4.78, 5) is 25.6. The number of pyridine rings is 1. The lowest BCUT2D eigenvalue weighted by Gasteiger charge is -2.12. The van der Waals surface area contributed by atoms with Crippen LogP contribution in [0.3, 0.4) is 0 Å². The summed E-state index contributed by atoms with van der Waals surface area (Å²) in [7, 11) is 0. The maximum absolute atomic E-state index is 12.4. The van der Waals surface area contributed by atoms with E-state index in [0.29, 0.717) is 6.07 Å². The second kappa shape index (κ2) is 5.80. The Kier molecular flexibility index (Phi) is 4.06. The van der Waals surface area contributed by atoms with Crippen molar-refractivity contribution in [3.05, 3.63) is 64.0 Å². The van der Waals surface area contributed by atoms with E-state index in [1.807, 2.05) is 0 Å². The molecule has 0 saturated heterocycles. The van der Waals surface area contributed by atoms with Crippen LogP contribution >= 0.6 is 0 Å². The van der Waals surface area contributed by atoms with Crippen molar-refractivity contribution in [2.24, 2.45) is 0 Å². The Hall–Kier alpha value is -2.97. The van der Waals surface area contributed by atoms with Gasteiger partial charge in [0.05, 0.1) is 16.6 Å². The van der Waals surface area contributed by atoms with Crippen molar-refractivity contribution < 1.29 is 27.6 Å². The molecule has 0 fully saturated rings. The van der Waals surface area contributed by atoms with E-state index in [1.54, 1.807) is 0 Å². The van der Waals surface area contributed by atoms with Crippen molar-refractivity contribution in [1.29, 1.82) is 0 Å². The van der Waals surface area contributed by atoms with Crippen molar-refractivity contribution >= 4 is 11.5 Å². The second-order valence-electron chi connectivity index (χ2n) is 4.06. The lowest BCUT2D eigenvalue weighted by Crippen LogP contribution is -2.19. The molecule has 0 N–H and O–H groups in total. The van der Waals surface area contributed by atoms with Crippen LogP contribution in [0.1, 0.15) is 15.9 Å². The van der Waals surface area contributed by atoms with E-state index in [1.165, 1.54) is 24.5 Å². The number of carbonyl (C=O) groups excluding carboxylic acids is 1. The molecule has 114 valence electrons. The first-order valence-electron chi connectivity index (χ1n) is 5.77. The highest BCUT2D eigenvalue weighted by atomic mass is 19.4. The number of non-ortho nitro benzene ring substituents is 1. The minimum Gasteiger partial charge on any atom is -0.405 e. The van der Waals surface area contributed by atoms with Crippen LogP contribution in [0, 0.1) is 10.1 Å². The number of halogens is 3. The Balaban J connectivity index is 2.50. The van der Waals surface area contributed by atoms with Crippen molar-refractivity contribution in [3.63, 3.8) is 0 Å². The van der Waals surface area contributed by atoms with Gasteiger partial charge in [0.25, 0.3) is 5.69 Å². The molecule has 1 aromatic carbocycles. The van der Waals surface area contributed by atoms with Crippen molar-refractivity contribution in [2.45, 2.75) is 6.36 Å². The molecule has 9 heteroatoms. The highest BCUT2D eigenvalue weighted by molar-refractivity contribution is 6.10. The lowest BCUT2D eigenvalue weighted by atomic mass is 10.0. The van der Waals surface area contributed by atoms with Crippen LogP contribution in [0.4, 0.5) is 18.9 Å². The van der Waals surface area contributed by atoms with Gasteiger partial charge in [0, 0.05) is 24.0 Å². The predicted octanol–water partition coefficient (Wildman–Crippen LogP) is 3.12. The number of benzene rings is 1. The van der Waals surface area contributed by atoms with Crippen LogP contribution in [0.5, 0.6) is 5.75 Å². The Morgan fingerprint density at radius 1 is 1.27 bits per heavy atom. The molecule has 2 aromatic rings. The molecule has 0 aliphatic carbocycles. The van der Waals surface area contributed by atoms with E-state index in [9.17, 15) is 28.1 Å². The third-order valence-corrected chi connectivity index (χ3v) is 2.57. The summed E-state index contributed by atoms with van der Waals surface area (Å²) in [5, 5.41) is 10.6. The molecule has 0 aliphatic rings. The van der Waals surface area contributed by atoms with Gasteiger partial charge < -0.3 is 4.74 Å². The number of nitro groups is 1. The number of alkyl halides is 3. The number of ketones is 1. The molecule has 1 aromatic heterocycles. The Bertz CT molecular complexity index is 717. The summed E-state index contributed by atoms with van der Waals surface area (Å²) in [5.41, 5.74) is -1.04. The molecule has 0 amide bonds. The van der Waals surface area contributed by atoms with Crippen molar-refractivity contribution in [3.8, 4) is 5.75 Å². The number of nitrogens with zero attached hydrogens (tertiary/aromatic N) is 2. The summed E-state index contributed by atoms with van der Waals surface area (Å²) < 4.78 is 40.9. The minimum atomic E-state index is -5.08. The van der Waals surface area contributed by atoms with Crippen LogP contribution in [0.25, 0.3) is 0 Å². The number of rotatable bonds is 4. The maximum atomic E-state index is 12.4. The average Bonchev–Trinajstić information content (AvgIpc) is 2.45. The normalized spacial score (nSPS) is 11.0. The van der Waals surface area contributed by atoms with Gasteiger partial charge in [-0.15, -0.1) is 13.2 Å². The Morgan fingerprint density at radius 3 is 2.55 bits per heavy atom. The average molecular weight is 312 g/mol. The number of hydrogen-bond acceptors (Lipinski definition) is 5. The first kappa shape index (κ1) is 15.4. The van der Waals surface area contributed by atoms with E-state index in [2.05, 4.69) is 9.72 Å². The molecule has 0 atom stereocenters. The van der Waals surface area contributed by atoms with Crippen molar-refractivity contribution in [1.82, 2.24) is 4.98 Å². The molecule has 0 spiro atoms. The molecule has 6 nitrogen and oxygen atoms in total. The highest BCUT2D eigenvalue weighted by Crippen LogP contribution is 2.31. The van der Waals surface area contributed by atoms with Gasteiger partial charge in [0.15, 0.2) is 5.78 Å². The summed E-state index contributed by atoms with van der Waals surface area (Å²) in [6.45, 7) is 0. The molecular weight excluding hydrogens is 305 g/mol. The first-order chi connectivity index (χ1) is 10.3. The topological polar surface area (TPSA) is 82.3 Å². The fourth-order valence-electron chi connectivity index (χ4n) is 1.67. The standard InChI is InChI=1S/C13H7F3N2O4/c14-13(15,16)22-11-6-9(18(20)21)3-4-10(11)12(19)8-2-1-5-17-7-8/h1-7H. The predicted molar refractivity (Wildman–Crippen MR) is 67.4 cm³/mol. The minimum absolute atomic E-state index is 0.0309. The van der Waals surface area contributed by atoms with Gasteiger partial charge in [-0.2, -0.15) is 0 Å². The zero-order valence-corrected chi connectivity index (χ0v) is 10.7. The van der Waals surface area contributed by atoms with Gasteiger partial charge in [-0.05, 0) is 18.2 Å². The van der Waals surface area contributed by atoms with Crippen LogP contribution in [0.15, 0.2) is 42.7 Å². The van der Waals surface area contributed by atoms with Gasteiger partial charge >= 0.3 is 6.36 Å². The summed E-state index contributed by atoms with van der Waals surface area (Å²) in [6.07, 6.45) is -2.53. The largest absolute Gasteiger partial charge is 0.573 e. The van der Waals surface area contributed by atoms with E-state index in [0.717, 1.165) is 12.1 Å². The number of carbonyl (C=O) groups is 1. The summed E-state index contributed by atoms with van der Waals surface area (Å²) in [5.74, 6) is -1.72.